The van der Waals surface area contributed by atoms with E-state index >= 15 is 0 Å². The van der Waals surface area contributed by atoms with E-state index < -0.39 is 6.04 Å². The number of anilines is 2. The number of amides is 3. The molecule has 2 aromatic rings. The van der Waals surface area contributed by atoms with Gasteiger partial charge in [-0.25, -0.2) is 4.79 Å². The third kappa shape index (κ3) is 5.75. The molecule has 148 valence electrons. The van der Waals surface area contributed by atoms with Crippen LogP contribution >= 0.6 is 0 Å². The van der Waals surface area contributed by atoms with Crippen LogP contribution in [-0.2, 0) is 14.3 Å². The van der Waals surface area contributed by atoms with E-state index in [-0.39, 0.29) is 18.5 Å². The van der Waals surface area contributed by atoms with Gasteiger partial charge in [0.1, 0.15) is 19.3 Å². The number of hydrogen-bond acceptors (Lipinski definition) is 5. The first-order valence-corrected chi connectivity index (χ1v) is 8.65. The Morgan fingerprint density at radius 3 is 2.21 bits per heavy atom. The van der Waals surface area contributed by atoms with Crippen LogP contribution in [0.1, 0.15) is 0 Å². The maximum atomic E-state index is 12.2. The van der Waals surface area contributed by atoms with Crippen LogP contribution in [0.25, 0.3) is 10.8 Å². The minimum absolute atomic E-state index is 0.0304. The third-order valence-electron chi connectivity index (χ3n) is 3.78. The van der Waals surface area contributed by atoms with E-state index in [4.69, 9.17) is 15.2 Å². The molecule has 1 unspecified atom stereocenters. The Bertz CT molecular complexity index is 853. The van der Waals surface area contributed by atoms with Crippen molar-refractivity contribution in [3.63, 3.8) is 0 Å². The van der Waals surface area contributed by atoms with Crippen molar-refractivity contribution in [2.45, 2.75) is 6.04 Å². The van der Waals surface area contributed by atoms with Gasteiger partial charge in [0.15, 0.2) is 0 Å². The van der Waals surface area contributed by atoms with E-state index in [1.165, 1.54) is 12.5 Å². The van der Waals surface area contributed by atoms with Gasteiger partial charge in [-0.05, 0) is 12.1 Å². The van der Waals surface area contributed by atoms with Gasteiger partial charge in [0.05, 0.1) is 24.8 Å². The maximum absolute atomic E-state index is 12.2. The number of urea groups is 1. The van der Waals surface area contributed by atoms with Gasteiger partial charge in [-0.3, -0.25) is 4.79 Å². The van der Waals surface area contributed by atoms with E-state index in [2.05, 4.69) is 29.1 Å². The van der Waals surface area contributed by atoms with E-state index in [0.717, 1.165) is 10.8 Å². The standard InChI is InChI=1S/C20H24N4O4/c1-3-27-12-11-22-20(26)24-18-10-9-17(14-7-5-6-8-15(14)18)23-19(25)16(21)13-28-4-2/h3-10,16H,1-2,11-13,21H2,(H,23,25)(H2,22,24,26). The smallest absolute Gasteiger partial charge is 0.319 e. The first kappa shape index (κ1) is 20.8. The zero-order valence-electron chi connectivity index (χ0n) is 15.4. The Hall–Kier alpha value is -3.52. The maximum Gasteiger partial charge on any atom is 0.319 e. The molecule has 0 aromatic heterocycles. The van der Waals surface area contributed by atoms with Crippen LogP contribution in [0.3, 0.4) is 0 Å². The van der Waals surface area contributed by atoms with Crippen LogP contribution in [-0.4, -0.2) is 37.7 Å². The molecule has 0 radical (unpaired) electrons. The molecular weight excluding hydrogens is 360 g/mol. The summed E-state index contributed by atoms with van der Waals surface area (Å²) in [5.41, 5.74) is 6.98. The van der Waals surface area contributed by atoms with E-state index in [1.54, 1.807) is 12.1 Å². The molecular formula is C20H24N4O4. The molecule has 28 heavy (non-hydrogen) atoms. The van der Waals surface area contributed by atoms with Crippen LogP contribution in [0.15, 0.2) is 62.1 Å². The van der Waals surface area contributed by atoms with Crippen molar-refractivity contribution in [3.8, 4) is 0 Å². The molecule has 0 aliphatic carbocycles. The lowest BCUT2D eigenvalue weighted by atomic mass is 10.1. The molecule has 0 saturated carbocycles. The molecule has 0 spiro atoms. The Balaban J connectivity index is 2.13. The molecule has 0 fully saturated rings. The summed E-state index contributed by atoms with van der Waals surface area (Å²) < 4.78 is 9.92. The topological polar surface area (TPSA) is 115 Å². The van der Waals surface area contributed by atoms with Crippen molar-refractivity contribution < 1.29 is 19.1 Å². The van der Waals surface area contributed by atoms with E-state index in [0.29, 0.717) is 24.5 Å². The van der Waals surface area contributed by atoms with Gasteiger partial charge in [-0.1, -0.05) is 37.4 Å². The van der Waals surface area contributed by atoms with E-state index in [9.17, 15) is 9.59 Å². The molecule has 2 aromatic carbocycles. The Morgan fingerprint density at radius 2 is 1.61 bits per heavy atom. The van der Waals surface area contributed by atoms with Crippen molar-refractivity contribution in [3.05, 3.63) is 62.1 Å². The fraction of sp³-hybridized carbons (Fsp3) is 0.200. The van der Waals surface area contributed by atoms with Gasteiger partial charge < -0.3 is 31.2 Å². The molecule has 5 N–H and O–H groups in total. The second-order valence-corrected chi connectivity index (χ2v) is 5.72. The number of carbonyl (C=O) groups excluding carboxylic acids is 2. The first-order chi connectivity index (χ1) is 13.6. The lowest BCUT2D eigenvalue weighted by Crippen LogP contribution is -2.39. The predicted molar refractivity (Wildman–Crippen MR) is 110 cm³/mol. The molecule has 0 heterocycles. The van der Waals surface area contributed by atoms with Crippen molar-refractivity contribution in [2.75, 3.05) is 30.4 Å². The molecule has 3 amide bonds. The van der Waals surface area contributed by atoms with Crippen molar-refractivity contribution >= 4 is 34.1 Å². The Kier molecular flexibility index (Phi) is 7.86. The number of hydrogen-bond donors (Lipinski definition) is 4. The lowest BCUT2D eigenvalue weighted by Gasteiger charge is -2.16. The predicted octanol–water partition coefficient (Wildman–Crippen LogP) is 2.55. The monoisotopic (exact) mass is 384 g/mol. The Labute approximate surface area is 163 Å². The number of ether oxygens (including phenoxy) is 2. The summed E-state index contributed by atoms with van der Waals surface area (Å²) in [6.07, 6.45) is 2.55. The second kappa shape index (κ2) is 10.6. The normalized spacial score (nSPS) is 11.2. The summed E-state index contributed by atoms with van der Waals surface area (Å²) in [5, 5.41) is 9.80. The first-order valence-electron chi connectivity index (χ1n) is 8.65. The molecule has 2 rings (SSSR count). The van der Waals surface area contributed by atoms with Crippen LogP contribution in [0.2, 0.25) is 0 Å². The second-order valence-electron chi connectivity index (χ2n) is 5.72. The van der Waals surface area contributed by atoms with Crippen LogP contribution < -0.4 is 21.7 Å². The average Bonchev–Trinajstić information content (AvgIpc) is 2.71. The quantitative estimate of drug-likeness (QED) is 0.371. The average molecular weight is 384 g/mol. The van der Waals surface area contributed by atoms with Gasteiger partial charge in [0.2, 0.25) is 5.91 Å². The van der Waals surface area contributed by atoms with Gasteiger partial charge in [0, 0.05) is 16.5 Å². The summed E-state index contributed by atoms with van der Waals surface area (Å²) in [5.74, 6) is -0.382. The molecule has 0 aliphatic heterocycles. The number of fused-ring (bicyclic) bond motifs is 1. The number of carbonyl (C=O) groups is 2. The molecule has 0 saturated heterocycles. The van der Waals surface area contributed by atoms with Crippen LogP contribution in [0, 0.1) is 0 Å². The van der Waals surface area contributed by atoms with Gasteiger partial charge in [-0.15, -0.1) is 0 Å². The van der Waals surface area contributed by atoms with Gasteiger partial charge in [-0.2, -0.15) is 0 Å². The fourth-order valence-electron chi connectivity index (χ4n) is 2.46. The van der Waals surface area contributed by atoms with Crippen molar-refractivity contribution in [2.24, 2.45) is 5.73 Å². The number of nitrogens with one attached hydrogen (secondary N) is 3. The van der Waals surface area contributed by atoms with Crippen molar-refractivity contribution in [1.29, 1.82) is 0 Å². The van der Waals surface area contributed by atoms with Crippen molar-refractivity contribution in [1.82, 2.24) is 5.32 Å². The highest BCUT2D eigenvalue weighted by atomic mass is 16.5. The molecule has 0 aliphatic rings. The fourth-order valence-corrected chi connectivity index (χ4v) is 2.46. The summed E-state index contributed by atoms with van der Waals surface area (Å²) >= 11 is 0. The van der Waals surface area contributed by atoms with Gasteiger partial charge in [0.25, 0.3) is 0 Å². The third-order valence-corrected chi connectivity index (χ3v) is 3.78. The molecule has 8 heteroatoms. The minimum Gasteiger partial charge on any atom is -0.500 e. The molecule has 0 bridgehead atoms. The summed E-state index contributed by atoms with van der Waals surface area (Å²) in [7, 11) is 0. The minimum atomic E-state index is -0.835. The summed E-state index contributed by atoms with van der Waals surface area (Å²) in [4.78, 5) is 24.3. The summed E-state index contributed by atoms with van der Waals surface area (Å²) in [6, 6.07) is 9.60. The number of rotatable bonds is 10. The van der Waals surface area contributed by atoms with Gasteiger partial charge >= 0.3 is 6.03 Å². The largest absolute Gasteiger partial charge is 0.500 e. The highest BCUT2D eigenvalue weighted by Crippen LogP contribution is 2.30. The SMILES string of the molecule is C=COCCNC(=O)Nc1ccc(NC(=O)C(N)COC=C)c2ccccc12. The van der Waals surface area contributed by atoms with Crippen LogP contribution in [0.4, 0.5) is 16.2 Å². The molecule has 1 atom stereocenters. The highest BCUT2D eigenvalue weighted by molar-refractivity contribution is 6.09. The highest BCUT2D eigenvalue weighted by Gasteiger charge is 2.16. The zero-order chi connectivity index (χ0) is 20.4. The number of nitrogens with two attached hydrogens (primary N) is 1. The summed E-state index contributed by atoms with van der Waals surface area (Å²) in [6.45, 7) is 7.56. The number of benzene rings is 2. The Morgan fingerprint density at radius 1 is 1.00 bits per heavy atom. The zero-order valence-corrected chi connectivity index (χ0v) is 15.4. The molecule has 8 nitrogen and oxygen atoms in total. The lowest BCUT2D eigenvalue weighted by molar-refractivity contribution is -0.118. The van der Waals surface area contributed by atoms with E-state index in [1.807, 2.05) is 24.3 Å². The van der Waals surface area contributed by atoms with Crippen LogP contribution in [0.5, 0.6) is 0 Å².